The number of nitrogens with zero attached hydrogens (tertiary/aromatic N) is 4. The predicted molar refractivity (Wildman–Crippen MR) is 164 cm³/mol. The van der Waals surface area contributed by atoms with Gasteiger partial charge in [-0.25, -0.2) is 0 Å². The summed E-state index contributed by atoms with van der Waals surface area (Å²) in [7, 11) is 3.75. The lowest BCUT2D eigenvalue weighted by Gasteiger charge is -2.34. The minimum absolute atomic E-state index is 0.0519. The van der Waals surface area contributed by atoms with Gasteiger partial charge < -0.3 is 25.8 Å². The zero-order valence-corrected chi connectivity index (χ0v) is 25.8. The fourth-order valence-electron chi connectivity index (χ4n) is 5.93. The van der Waals surface area contributed by atoms with Crippen molar-refractivity contribution in [1.82, 2.24) is 35.5 Å². The summed E-state index contributed by atoms with van der Waals surface area (Å²) in [5.74, 6) is -0.610. The maximum Gasteiger partial charge on any atom is 0.270 e. The normalized spacial score (nSPS) is 17.9. The molecule has 2 aliphatic rings. The molecule has 0 spiro atoms. The number of likely N-dealkylation sites (N-methyl/N-ethyl adjacent to an activating group) is 1. The maximum absolute atomic E-state index is 13.5. The summed E-state index contributed by atoms with van der Waals surface area (Å²) in [5, 5.41) is 13.0. The first kappa shape index (κ1) is 32.2. The second-order valence-electron chi connectivity index (χ2n) is 11.9. The van der Waals surface area contributed by atoms with Crippen molar-refractivity contribution >= 4 is 23.6 Å². The van der Waals surface area contributed by atoms with Gasteiger partial charge in [0.25, 0.3) is 5.91 Å². The SMILES string of the molecule is CCC(=O)N[C@H](Cc1ccc(CNC(=O)[C@@H](NC(=O)c2ccnn2C)C2CCCCCC2)cc1)C(=O)N1CCN(C)CC1. The van der Waals surface area contributed by atoms with Gasteiger partial charge in [-0.1, -0.05) is 56.9 Å². The van der Waals surface area contributed by atoms with Gasteiger partial charge in [-0.3, -0.25) is 23.9 Å². The molecule has 1 aliphatic heterocycles. The fourth-order valence-corrected chi connectivity index (χ4v) is 5.93. The van der Waals surface area contributed by atoms with Crippen LogP contribution >= 0.6 is 0 Å². The Bertz CT molecular complexity index is 1230. The third-order valence-corrected chi connectivity index (χ3v) is 8.69. The summed E-state index contributed by atoms with van der Waals surface area (Å²) in [5.41, 5.74) is 2.26. The van der Waals surface area contributed by atoms with Gasteiger partial charge in [-0.2, -0.15) is 5.10 Å². The summed E-state index contributed by atoms with van der Waals surface area (Å²) in [6.07, 6.45) is 8.49. The van der Waals surface area contributed by atoms with E-state index in [1.165, 1.54) is 4.68 Å². The van der Waals surface area contributed by atoms with E-state index < -0.39 is 12.1 Å². The van der Waals surface area contributed by atoms with Gasteiger partial charge in [0.15, 0.2) is 0 Å². The standard InChI is InChI=1S/C32H47N7O4/c1-4-28(40)35-26(32(43)39-19-17-37(2)18-20-39)21-23-11-13-24(14-12-23)22-33-31(42)29(25-9-7-5-6-8-10-25)36-30(41)27-15-16-34-38(27)3/h11-16,25-26,29H,4-10,17-22H2,1-3H3,(H,33,42)(H,35,40)(H,36,41)/t26-,29+/m1/s1. The highest BCUT2D eigenvalue weighted by atomic mass is 16.2. The maximum atomic E-state index is 13.5. The van der Waals surface area contributed by atoms with Crippen LogP contribution in [-0.4, -0.2) is 88.5 Å². The Morgan fingerprint density at radius 2 is 1.53 bits per heavy atom. The molecule has 0 radical (unpaired) electrons. The first-order valence-electron chi connectivity index (χ1n) is 15.7. The van der Waals surface area contributed by atoms with Crippen molar-refractivity contribution in [2.75, 3.05) is 33.2 Å². The van der Waals surface area contributed by atoms with E-state index in [4.69, 9.17) is 0 Å². The van der Waals surface area contributed by atoms with Gasteiger partial charge in [0.1, 0.15) is 17.8 Å². The van der Waals surface area contributed by atoms with Crippen molar-refractivity contribution in [2.45, 2.75) is 76.9 Å². The smallest absolute Gasteiger partial charge is 0.270 e. The molecule has 11 nitrogen and oxygen atoms in total. The molecule has 0 unspecified atom stereocenters. The molecule has 1 saturated carbocycles. The molecular weight excluding hydrogens is 546 g/mol. The van der Waals surface area contributed by atoms with E-state index in [1.54, 1.807) is 26.2 Å². The quantitative estimate of drug-likeness (QED) is 0.342. The number of aromatic nitrogens is 2. The van der Waals surface area contributed by atoms with Crippen LogP contribution in [0.4, 0.5) is 0 Å². The summed E-state index contributed by atoms with van der Waals surface area (Å²) in [6.45, 7) is 5.03. The van der Waals surface area contributed by atoms with Crippen LogP contribution in [0.3, 0.4) is 0 Å². The van der Waals surface area contributed by atoms with Gasteiger partial charge in [0.05, 0.1) is 0 Å². The van der Waals surface area contributed by atoms with Crippen LogP contribution in [0.25, 0.3) is 0 Å². The Morgan fingerprint density at radius 1 is 0.884 bits per heavy atom. The van der Waals surface area contributed by atoms with Crippen molar-refractivity contribution in [3.8, 4) is 0 Å². The molecule has 2 aromatic rings. The van der Waals surface area contributed by atoms with E-state index >= 15 is 0 Å². The number of piperazine rings is 1. The average Bonchev–Trinajstić information content (AvgIpc) is 3.27. The van der Waals surface area contributed by atoms with Crippen LogP contribution in [0, 0.1) is 5.92 Å². The van der Waals surface area contributed by atoms with Crippen LogP contribution in [0.1, 0.15) is 73.5 Å². The molecule has 1 saturated heterocycles. The number of amides is 4. The van der Waals surface area contributed by atoms with E-state index in [1.807, 2.05) is 36.2 Å². The van der Waals surface area contributed by atoms with Crippen molar-refractivity contribution < 1.29 is 19.2 Å². The van der Waals surface area contributed by atoms with E-state index in [0.29, 0.717) is 38.2 Å². The van der Waals surface area contributed by atoms with Crippen molar-refractivity contribution in [1.29, 1.82) is 0 Å². The molecular formula is C32H47N7O4. The third kappa shape index (κ3) is 9.13. The van der Waals surface area contributed by atoms with Gasteiger partial charge in [0.2, 0.25) is 17.7 Å². The Balaban J connectivity index is 1.38. The molecule has 43 heavy (non-hydrogen) atoms. The van der Waals surface area contributed by atoms with E-state index in [-0.39, 0.29) is 29.5 Å². The number of carbonyl (C=O) groups excluding carboxylic acids is 4. The number of carbonyl (C=O) groups is 4. The molecule has 1 aliphatic carbocycles. The Labute approximate surface area is 254 Å². The molecule has 4 amide bonds. The predicted octanol–water partition coefficient (Wildman–Crippen LogP) is 2.02. The molecule has 11 heteroatoms. The van der Waals surface area contributed by atoms with E-state index in [0.717, 1.165) is 62.7 Å². The summed E-state index contributed by atoms with van der Waals surface area (Å²) in [6, 6.07) is 8.16. The lowest BCUT2D eigenvalue weighted by atomic mass is 9.91. The Morgan fingerprint density at radius 3 is 2.14 bits per heavy atom. The Kier molecular flexibility index (Phi) is 11.7. The van der Waals surface area contributed by atoms with Crippen LogP contribution < -0.4 is 16.0 Å². The van der Waals surface area contributed by atoms with Gasteiger partial charge in [0, 0.05) is 58.8 Å². The van der Waals surface area contributed by atoms with Gasteiger partial charge in [-0.05, 0) is 43.0 Å². The first-order chi connectivity index (χ1) is 20.7. The van der Waals surface area contributed by atoms with Crippen molar-refractivity contribution in [3.63, 3.8) is 0 Å². The van der Waals surface area contributed by atoms with E-state index in [9.17, 15) is 19.2 Å². The Hall–Kier alpha value is -3.73. The van der Waals surface area contributed by atoms with Crippen molar-refractivity contribution in [2.24, 2.45) is 13.0 Å². The number of aryl methyl sites for hydroxylation is 1. The van der Waals surface area contributed by atoms with Crippen molar-refractivity contribution in [3.05, 3.63) is 53.3 Å². The highest BCUT2D eigenvalue weighted by Gasteiger charge is 2.31. The first-order valence-corrected chi connectivity index (χ1v) is 15.7. The molecule has 1 aromatic carbocycles. The van der Waals surface area contributed by atoms with Crippen LogP contribution in [0.15, 0.2) is 36.5 Å². The summed E-state index contributed by atoms with van der Waals surface area (Å²) < 4.78 is 1.51. The van der Waals surface area contributed by atoms with Crippen LogP contribution in [0.5, 0.6) is 0 Å². The van der Waals surface area contributed by atoms with Gasteiger partial charge in [-0.15, -0.1) is 0 Å². The van der Waals surface area contributed by atoms with Crippen LogP contribution in [0.2, 0.25) is 0 Å². The fraction of sp³-hybridized carbons (Fsp3) is 0.594. The summed E-state index contributed by atoms with van der Waals surface area (Å²) in [4.78, 5) is 56.0. The molecule has 2 atom stereocenters. The second kappa shape index (κ2) is 15.7. The lowest BCUT2D eigenvalue weighted by Crippen LogP contribution is -2.54. The minimum Gasteiger partial charge on any atom is -0.350 e. The molecule has 2 fully saturated rings. The number of rotatable bonds is 11. The minimum atomic E-state index is -0.622. The average molecular weight is 594 g/mol. The highest BCUT2D eigenvalue weighted by Crippen LogP contribution is 2.26. The monoisotopic (exact) mass is 593 g/mol. The lowest BCUT2D eigenvalue weighted by molar-refractivity contribution is -0.137. The third-order valence-electron chi connectivity index (χ3n) is 8.69. The molecule has 0 bridgehead atoms. The second-order valence-corrected chi connectivity index (χ2v) is 11.9. The highest BCUT2D eigenvalue weighted by molar-refractivity contribution is 5.96. The van der Waals surface area contributed by atoms with Crippen LogP contribution in [-0.2, 0) is 34.4 Å². The number of hydrogen-bond acceptors (Lipinski definition) is 6. The topological polar surface area (TPSA) is 129 Å². The molecule has 4 rings (SSSR count). The molecule has 2 heterocycles. The van der Waals surface area contributed by atoms with E-state index in [2.05, 4.69) is 25.9 Å². The molecule has 3 N–H and O–H groups in total. The number of hydrogen-bond donors (Lipinski definition) is 3. The number of benzene rings is 1. The zero-order chi connectivity index (χ0) is 30.8. The molecule has 1 aromatic heterocycles. The largest absolute Gasteiger partial charge is 0.350 e. The summed E-state index contributed by atoms with van der Waals surface area (Å²) >= 11 is 0. The zero-order valence-electron chi connectivity index (χ0n) is 25.8. The molecule has 234 valence electrons. The van der Waals surface area contributed by atoms with Gasteiger partial charge >= 0.3 is 0 Å². The number of nitrogens with one attached hydrogen (secondary N) is 3.